The maximum absolute atomic E-state index is 5.73. The molecule has 0 atom stereocenters. The van der Waals surface area contributed by atoms with Gasteiger partial charge in [0.15, 0.2) is 0 Å². The van der Waals surface area contributed by atoms with Crippen molar-refractivity contribution in [2.24, 2.45) is 0 Å². The van der Waals surface area contributed by atoms with E-state index in [0.29, 0.717) is 5.82 Å². The van der Waals surface area contributed by atoms with E-state index >= 15 is 0 Å². The van der Waals surface area contributed by atoms with Crippen molar-refractivity contribution in [2.45, 2.75) is 13.5 Å². The highest BCUT2D eigenvalue weighted by atomic mass is 15.0. The van der Waals surface area contributed by atoms with Crippen LogP contribution in [0.3, 0.4) is 0 Å². The lowest BCUT2D eigenvalue weighted by Gasteiger charge is -2.08. The van der Waals surface area contributed by atoms with E-state index in [1.807, 2.05) is 43.8 Å². The molecule has 3 aromatic heterocycles. The molecule has 5 nitrogen and oxygen atoms in total. The Bertz CT molecular complexity index is 715. The smallest absolute Gasteiger partial charge is 0.123 e. The van der Waals surface area contributed by atoms with Crippen molar-refractivity contribution in [3.05, 3.63) is 60.4 Å². The number of hydrogen-bond acceptors (Lipinski definition) is 4. The fraction of sp³-hybridized carbons (Fsp3) is 0.133. The van der Waals surface area contributed by atoms with E-state index in [1.54, 1.807) is 6.20 Å². The number of nitrogens with two attached hydrogens (primary N) is 1. The summed E-state index contributed by atoms with van der Waals surface area (Å²) < 4.78 is 2.07. The minimum Gasteiger partial charge on any atom is -0.384 e. The highest BCUT2D eigenvalue weighted by Gasteiger charge is 2.06. The summed E-state index contributed by atoms with van der Waals surface area (Å²) in [6.07, 6.45) is 7.23. The normalized spacial score (nSPS) is 10.7. The summed E-state index contributed by atoms with van der Waals surface area (Å²) in [5.74, 6) is 0.507. The lowest BCUT2D eigenvalue weighted by molar-refractivity contribution is 0.799. The minimum absolute atomic E-state index is 0.507. The molecule has 0 radical (unpaired) electrons. The molecule has 2 N–H and O–H groups in total. The van der Waals surface area contributed by atoms with Crippen LogP contribution in [-0.2, 0) is 6.54 Å². The second-order valence-corrected chi connectivity index (χ2v) is 4.68. The molecule has 0 unspecified atom stereocenters. The Kier molecular flexibility index (Phi) is 3.16. The Balaban J connectivity index is 1.92. The number of imidazole rings is 1. The van der Waals surface area contributed by atoms with Crippen LogP contribution in [0.2, 0.25) is 0 Å². The molecule has 0 saturated heterocycles. The van der Waals surface area contributed by atoms with Crippen molar-refractivity contribution < 1.29 is 0 Å². The van der Waals surface area contributed by atoms with Gasteiger partial charge in [0.05, 0.1) is 24.8 Å². The van der Waals surface area contributed by atoms with Crippen molar-refractivity contribution in [2.75, 3.05) is 5.73 Å². The summed E-state index contributed by atoms with van der Waals surface area (Å²) in [5, 5.41) is 0. The van der Waals surface area contributed by atoms with Crippen LogP contribution in [0.25, 0.3) is 11.3 Å². The average Bonchev–Trinajstić information content (AvgIpc) is 2.89. The summed E-state index contributed by atoms with van der Waals surface area (Å²) in [4.78, 5) is 12.5. The first-order valence-corrected chi connectivity index (χ1v) is 6.36. The number of aromatic nitrogens is 4. The van der Waals surface area contributed by atoms with Crippen LogP contribution < -0.4 is 5.73 Å². The zero-order valence-electron chi connectivity index (χ0n) is 11.2. The van der Waals surface area contributed by atoms with Crippen LogP contribution in [0.4, 0.5) is 5.82 Å². The predicted octanol–water partition coefficient (Wildman–Crippen LogP) is 2.28. The number of anilines is 1. The number of rotatable bonds is 3. The molecule has 0 spiro atoms. The van der Waals surface area contributed by atoms with Crippen molar-refractivity contribution >= 4 is 5.82 Å². The van der Waals surface area contributed by atoms with Crippen molar-refractivity contribution in [1.82, 2.24) is 19.5 Å². The quantitative estimate of drug-likeness (QED) is 0.788. The number of nitrogens with zero attached hydrogens (tertiary/aromatic N) is 4. The first-order valence-electron chi connectivity index (χ1n) is 6.36. The number of hydrogen-bond donors (Lipinski definition) is 1. The molecule has 0 aliphatic carbocycles. The zero-order chi connectivity index (χ0) is 13.9. The molecule has 5 heteroatoms. The van der Waals surface area contributed by atoms with E-state index in [0.717, 1.165) is 29.1 Å². The number of nitrogen functional groups attached to an aromatic ring is 1. The van der Waals surface area contributed by atoms with E-state index < -0.39 is 0 Å². The summed E-state index contributed by atoms with van der Waals surface area (Å²) in [7, 11) is 0. The molecule has 3 heterocycles. The molecule has 3 aromatic rings. The van der Waals surface area contributed by atoms with Gasteiger partial charge in [0.2, 0.25) is 0 Å². The van der Waals surface area contributed by atoms with Gasteiger partial charge < -0.3 is 10.3 Å². The average molecular weight is 265 g/mol. The minimum atomic E-state index is 0.507. The van der Waals surface area contributed by atoms with Crippen molar-refractivity contribution in [3.8, 4) is 11.3 Å². The molecule has 100 valence electrons. The van der Waals surface area contributed by atoms with Gasteiger partial charge >= 0.3 is 0 Å². The third-order valence-electron chi connectivity index (χ3n) is 3.11. The van der Waals surface area contributed by atoms with Gasteiger partial charge in [-0.2, -0.15) is 0 Å². The van der Waals surface area contributed by atoms with E-state index in [-0.39, 0.29) is 0 Å². The highest BCUT2D eigenvalue weighted by Crippen LogP contribution is 2.20. The van der Waals surface area contributed by atoms with Crippen LogP contribution in [-0.4, -0.2) is 19.5 Å². The largest absolute Gasteiger partial charge is 0.384 e. The van der Waals surface area contributed by atoms with Gasteiger partial charge in [-0.3, -0.25) is 4.98 Å². The number of pyridine rings is 2. The maximum atomic E-state index is 5.73. The summed E-state index contributed by atoms with van der Waals surface area (Å²) in [6.45, 7) is 2.71. The fourth-order valence-corrected chi connectivity index (χ4v) is 2.08. The molecule has 20 heavy (non-hydrogen) atoms. The van der Waals surface area contributed by atoms with Crippen LogP contribution in [0.5, 0.6) is 0 Å². The first kappa shape index (κ1) is 12.3. The molecule has 3 rings (SSSR count). The van der Waals surface area contributed by atoms with E-state index in [1.165, 1.54) is 0 Å². The van der Waals surface area contributed by atoms with Crippen LogP contribution in [0.15, 0.2) is 49.2 Å². The van der Waals surface area contributed by atoms with Crippen molar-refractivity contribution in [3.63, 3.8) is 0 Å². The molecule has 0 aromatic carbocycles. The predicted molar refractivity (Wildman–Crippen MR) is 77.9 cm³/mol. The van der Waals surface area contributed by atoms with Crippen LogP contribution in [0.1, 0.15) is 11.3 Å². The van der Waals surface area contributed by atoms with E-state index in [2.05, 4.69) is 25.6 Å². The summed E-state index contributed by atoms with van der Waals surface area (Å²) in [6, 6.07) is 7.86. The molecule has 0 aliphatic rings. The van der Waals surface area contributed by atoms with Gasteiger partial charge in [-0.05, 0) is 30.7 Å². The van der Waals surface area contributed by atoms with Gasteiger partial charge in [0.25, 0.3) is 0 Å². The number of aryl methyl sites for hydroxylation is 1. The van der Waals surface area contributed by atoms with Gasteiger partial charge in [-0.1, -0.05) is 6.07 Å². The van der Waals surface area contributed by atoms with Gasteiger partial charge in [-0.15, -0.1) is 0 Å². The Labute approximate surface area is 117 Å². The Morgan fingerprint density at radius 1 is 1.15 bits per heavy atom. The lowest BCUT2D eigenvalue weighted by Crippen LogP contribution is -2.01. The second kappa shape index (κ2) is 5.13. The molecular formula is C15H15N5. The van der Waals surface area contributed by atoms with Crippen LogP contribution in [0, 0.1) is 6.92 Å². The molecule has 0 aliphatic heterocycles. The maximum Gasteiger partial charge on any atom is 0.123 e. The molecule has 0 fully saturated rings. The van der Waals surface area contributed by atoms with Gasteiger partial charge in [0.1, 0.15) is 5.82 Å². The summed E-state index contributed by atoms with van der Waals surface area (Å²) >= 11 is 0. The third-order valence-corrected chi connectivity index (χ3v) is 3.11. The van der Waals surface area contributed by atoms with Crippen LogP contribution >= 0.6 is 0 Å². The lowest BCUT2D eigenvalue weighted by atomic mass is 10.2. The SMILES string of the molecule is Cc1ccc(Cn2cncc2-c2ccnc(N)c2)cn1. The zero-order valence-corrected chi connectivity index (χ0v) is 11.2. The van der Waals surface area contributed by atoms with Crippen molar-refractivity contribution in [1.29, 1.82) is 0 Å². The van der Waals surface area contributed by atoms with Gasteiger partial charge in [-0.25, -0.2) is 9.97 Å². The van der Waals surface area contributed by atoms with E-state index in [9.17, 15) is 0 Å². The topological polar surface area (TPSA) is 69.6 Å². The van der Waals surface area contributed by atoms with Gasteiger partial charge in [0, 0.05) is 23.7 Å². The van der Waals surface area contributed by atoms with E-state index in [4.69, 9.17) is 5.73 Å². The third kappa shape index (κ3) is 2.51. The Morgan fingerprint density at radius 3 is 2.80 bits per heavy atom. The molecule has 0 amide bonds. The summed E-state index contributed by atoms with van der Waals surface area (Å²) in [5.41, 5.74) is 9.91. The standard InChI is InChI=1S/C15H15N5/c1-11-2-3-12(7-19-11)9-20-10-17-8-14(20)13-4-5-18-15(16)6-13/h2-8,10H,9H2,1H3,(H2,16,18). The first-order chi connectivity index (χ1) is 9.72. The molecule has 0 bridgehead atoms. The second-order valence-electron chi connectivity index (χ2n) is 4.68. The fourth-order valence-electron chi connectivity index (χ4n) is 2.08. The molecule has 0 saturated carbocycles. The monoisotopic (exact) mass is 265 g/mol. The Hall–Kier alpha value is -2.69. The Morgan fingerprint density at radius 2 is 2.05 bits per heavy atom. The highest BCUT2D eigenvalue weighted by molar-refractivity contribution is 5.61. The molecular weight excluding hydrogens is 250 g/mol.